The van der Waals surface area contributed by atoms with Gasteiger partial charge in [0.05, 0.1) is 25.3 Å². The molecule has 0 aliphatic carbocycles. The van der Waals surface area contributed by atoms with Gasteiger partial charge in [0, 0.05) is 11.8 Å². The number of aromatic nitrogens is 2. The van der Waals surface area contributed by atoms with Crippen molar-refractivity contribution >= 4 is 17.5 Å². The van der Waals surface area contributed by atoms with Gasteiger partial charge < -0.3 is 9.84 Å². The number of benzene rings is 1. The first kappa shape index (κ1) is 16.8. The molecule has 0 spiro atoms. The van der Waals surface area contributed by atoms with Gasteiger partial charge in [0.2, 0.25) is 0 Å². The normalized spacial score (nSPS) is 20.2. The number of ketones is 1. The zero-order valence-corrected chi connectivity index (χ0v) is 13.4. The van der Waals surface area contributed by atoms with Crippen molar-refractivity contribution in [2.24, 2.45) is 0 Å². The van der Waals surface area contributed by atoms with Crippen LogP contribution in [0.4, 0.5) is 4.39 Å². The van der Waals surface area contributed by atoms with Crippen LogP contribution >= 0.6 is 11.8 Å². The van der Waals surface area contributed by atoms with Crippen molar-refractivity contribution in [2.75, 3.05) is 13.2 Å². The maximum atomic E-state index is 14.3. The van der Waals surface area contributed by atoms with Crippen LogP contribution in [-0.4, -0.2) is 39.1 Å². The fourth-order valence-electron chi connectivity index (χ4n) is 2.37. The number of hydrogen-bond donors (Lipinski definition) is 1. The molecule has 8 heteroatoms. The molecule has 0 unspecified atom stereocenters. The topological polar surface area (TPSA) is 81.4 Å². The Morgan fingerprint density at radius 2 is 2.17 bits per heavy atom. The number of thioether (sulfide) groups is 1. The molecule has 2 heterocycles. The monoisotopic (exact) mass is 350 g/mol. The third kappa shape index (κ3) is 3.55. The molecule has 2 atom stereocenters. The van der Waals surface area contributed by atoms with Gasteiger partial charge in [-0.15, -0.1) is 11.8 Å². The van der Waals surface area contributed by atoms with E-state index in [9.17, 15) is 14.0 Å². The summed E-state index contributed by atoms with van der Waals surface area (Å²) in [6.07, 6.45) is 0.767. The third-order valence-corrected chi connectivity index (χ3v) is 4.86. The highest BCUT2D eigenvalue weighted by molar-refractivity contribution is 8.00. The number of carbonyl (C=O) groups excluding carboxylic acids is 1. The van der Waals surface area contributed by atoms with E-state index < -0.39 is 22.3 Å². The van der Waals surface area contributed by atoms with E-state index in [1.165, 1.54) is 11.8 Å². The average Bonchev–Trinajstić information content (AvgIpc) is 3.07. The Labute approximate surface area is 141 Å². The van der Waals surface area contributed by atoms with Gasteiger partial charge in [-0.25, -0.2) is 9.18 Å². The standard InChI is InChI=1S/C16H15FN2O4S/c17-11-7-19(14-9-23-15(8-20)24-14)16(22)18-12(11)6-13(21)10-4-2-1-3-5-10/h1-5,7,14-15,20H,6,8-9H2/t14-,15-/m1/s1. The molecule has 1 aliphatic heterocycles. The molecule has 2 aromatic rings. The number of halogens is 1. The number of nitrogens with zero attached hydrogens (tertiary/aromatic N) is 2. The Bertz CT molecular complexity index is 796. The van der Waals surface area contributed by atoms with Crippen molar-refractivity contribution in [2.45, 2.75) is 17.2 Å². The lowest BCUT2D eigenvalue weighted by molar-refractivity contribution is 0.0802. The average molecular weight is 350 g/mol. The van der Waals surface area contributed by atoms with Crippen molar-refractivity contribution in [3.63, 3.8) is 0 Å². The Morgan fingerprint density at radius 1 is 1.42 bits per heavy atom. The van der Waals surface area contributed by atoms with Crippen molar-refractivity contribution in [3.8, 4) is 0 Å². The van der Waals surface area contributed by atoms with Crippen LogP contribution in [0.5, 0.6) is 0 Å². The first-order chi connectivity index (χ1) is 11.6. The molecule has 1 saturated heterocycles. The minimum atomic E-state index is -0.716. The van der Waals surface area contributed by atoms with Crippen LogP contribution in [0.25, 0.3) is 0 Å². The Morgan fingerprint density at radius 3 is 2.83 bits per heavy atom. The summed E-state index contributed by atoms with van der Waals surface area (Å²) >= 11 is 1.22. The number of aliphatic hydroxyl groups excluding tert-OH is 1. The molecule has 24 heavy (non-hydrogen) atoms. The van der Waals surface area contributed by atoms with Crippen LogP contribution in [0.2, 0.25) is 0 Å². The van der Waals surface area contributed by atoms with Crippen molar-refractivity contribution < 1.29 is 19.0 Å². The van der Waals surface area contributed by atoms with Crippen LogP contribution in [0, 0.1) is 5.82 Å². The molecule has 0 saturated carbocycles. The lowest BCUT2D eigenvalue weighted by Gasteiger charge is -2.12. The molecule has 1 aliphatic rings. The molecule has 1 aromatic heterocycles. The zero-order valence-electron chi connectivity index (χ0n) is 12.6. The Kier molecular flexibility index (Phi) is 5.08. The number of hydrogen-bond acceptors (Lipinski definition) is 6. The van der Waals surface area contributed by atoms with E-state index in [1.807, 2.05) is 0 Å². The van der Waals surface area contributed by atoms with E-state index in [-0.39, 0.29) is 31.1 Å². The van der Waals surface area contributed by atoms with Crippen LogP contribution in [0.1, 0.15) is 21.4 Å². The predicted octanol–water partition coefficient (Wildman–Crippen LogP) is 1.39. The fourth-order valence-corrected chi connectivity index (χ4v) is 3.40. The quantitative estimate of drug-likeness (QED) is 0.821. The molecule has 0 bridgehead atoms. The molecule has 0 radical (unpaired) electrons. The summed E-state index contributed by atoms with van der Waals surface area (Å²) in [5, 5.41) is 8.60. The summed E-state index contributed by atoms with van der Waals surface area (Å²) in [4.78, 5) is 28.0. The van der Waals surface area contributed by atoms with Crippen LogP contribution in [0.15, 0.2) is 41.3 Å². The van der Waals surface area contributed by atoms with E-state index in [4.69, 9.17) is 9.84 Å². The second-order valence-corrected chi connectivity index (χ2v) is 6.57. The van der Waals surface area contributed by atoms with Gasteiger partial charge in [0.15, 0.2) is 11.6 Å². The second-order valence-electron chi connectivity index (χ2n) is 5.23. The highest BCUT2D eigenvalue weighted by Crippen LogP contribution is 2.34. The number of carbonyl (C=O) groups is 1. The van der Waals surface area contributed by atoms with Gasteiger partial charge in [-0.05, 0) is 0 Å². The molecule has 126 valence electrons. The maximum absolute atomic E-state index is 14.3. The summed E-state index contributed by atoms with van der Waals surface area (Å²) in [5.41, 5.74) is -0.822. The molecular formula is C16H15FN2O4S. The maximum Gasteiger partial charge on any atom is 0.349 e. The van der Waals surface area contributed by atoms with Crippen LogP contribution < -0.4 is 5.69 Å². The van der Waals surface area contributed by atoms with Crippen molar-refractivity contribution in [1.82, 2.24) is 9.55 Å². The van der Waals surface area contributed by atoms with Gasteiger partial charge in [-0.1, -0.05) is 30.3 Å². The summed E-state index contributed by atoms with van der Waals surface area (Å²) in [6.45, 7) is -0.00526. The number of ether oxygens (including phenoxy) is 1. The van der Waals surface area contributed by atoms with Crippen LogP contribution in [0.3, 0.4) is 0 Å². The lowest BCUT2D eigenvalue weighted by atomic mass is 10.1. The van der Waals surface area contributed by atoms with Crippen molar-refractivity contribution in [3.05, 3.63) is 64.1 Å². The van der Waals surface area contributed by atoms with Gasteiger partial charge in [0.25, 0.3) is 0 Å². The minimum Gasteiger partial charge on any atom is -0.393 e. The first-order valence-electron chi connectivity index (χ1n) is 7.32. The highest BCUT2D eigenvalue weighted by atomic mass is 32.2. The van der Waals surface area contributed by atoms with Gasteiger partial charge in [-0.2, -0.15) is 4.98 Å². The molecule has 1 fully saturated rings. The lowest BCUT2D eigenvalue weighted by Crippen LogP contribution is -2.28. The van der Waals surface area contributed by atoms with Gasteiger partial charge in [-0.3, -0.25) is 9.36 Å². The molecule has 1 N–H and O–H groups in total. The first-order valence-corrected chi connectivity index (χ1v) is 8.26. The SMILES string of the molecule is O=C(Cc1nc(=O)n([C@H]2CO[C@@H](CO)S2)cc1F)c1ccccc1. The molecule has 6 nitrogen and oxygen atoms in total. The largest absolute Gasteiger partial charge is 0.393 e. The molecule has 0 amide bonds. The predicted molar refractivity (Wildman–Crippen MR) is 86.4 cm³/mol. The number of aliphatic hydroxyl groups is 1. The minimum absolute atomic E-state index is 0.173. The van der Waals surface area contributed by atoms with Gasteiger partial charge in [0.1, 0.15) is 10.8 Å². The van der Waals surface area contributed by atoms with E-state index in [1.54, 1.807) is 30.3 Å². The second kappa shape index (κ2) is 7.25. The smallest absolute Gasteiger partial charge is 0.349 e. The zero-order chi connectivity index (χ0) is 17.1. The summed E-state index contributed by atoms with van der Waals surface area (Å²) < 4.78 is 20.7. The van der Waals surface area contributed by atoms with E-state index in [0.717, 1.165) is 10.8 Å². The highest BCUT2D eigenvalue weighted by Gasteiger charge is 2.28. The van der Waals surface area contributed by atoms with E-state index in [0.29, 0.717) is 5.56 Å². The summed E-state index contributed by atoms with van der Waals surface area (Å²) in [7, 11) is 0. The fraction of sp³-hybridized carbons (Fsp3) is 0.312. The molecular weight excluding hydrogens is 335 g/mol. The van der Waals surface area contributed by atoms with Gasteiger partial charge >= 0.3 is 5.69 Å². The van der Waals surface area contributed by atoms with E-state index >= 15 is 0 Å². The molecule has 1 aromatic carbocycles. The van der Waals surface area contributed by atoms with E-state index in [2.05, 4.69) is 4.98 Å². The van der Waals surface area contributed by atoms with Crippen molar-refractivity contribution in [1.29, 1.82) is 0 Å². The summed E-state index contributed by atoms with van der Waals surface area (Å²) in [6, 6.07) is 8.46. The Hall–Kier alpha value is -2.03. The van der Waals surface area contributed by atoms with Crippen LogP contribution in [-0.2, 0) is 11.2 Å². The number of Topliss-reactive ketones (excluding diaryl/α,β-unsaturated/α-hetero) is 1. The number of rotatable bonds is 5. The Balaban J connectivity index is 1.80. The molecule has 3 rings (SSSR count). The third-order valence-electron chi connectivity index (χ3n) is 3.60. The summed E-state index contributed by atoms with van der Waals surface area (Å²) in [5.74, 6) is -1.02.